The van der Waals surface area contributed by atoms with Gasteiger partial charge in [0.1, 0.15) is 12.3 Å². The Morgan fingerprint density at radius 3 is 2.44 bits per heavy atom. The SMILES string of the molecule is CC(C)N1CC2(COCN2C(=O)OC(C)(C)C)C1. The molecular weight excluding hydrogens is 232 g/mol. The second-order valence-corrected chi connectivity index (χ2v) is 6.61. The van der Waals surface area contributed by atoms with Crippen molar-refractivity contribution in [1.82, 2.24) is 9.80 Å². The predicted octanol–water partition coefficient (Wildman–Crippen LogP) is 1.67. The highest BCUT2D eigenvalue weighted by Crippen LogP contribution is 2.34. The summed E-state index contributed by atoms with van der Waals surface area (Å²) in [5.41, 5.74) is -0.616. The Morgan fingerprint density at radius 2 is 1.94 bits per heavy atom. The maximum atomic E-state index is 12.2. The first-order valence-corrected chi connectivity index (χ1v) is 6.56. The maximum absolute atomic E-state index is 12.2. The molecule has 0 atom stereocenters. The van der Waals surface area contributed by atoms with Gasteiger partial charge in [0.15, 0.2) is 0 Å². The highest BCUT2D eigenvalue weighted by molar-refractivity contribution is 5.70. The minimum Gasteiger partial charge on any atom is -0.444 e. The number of carbonyl (C=O) groups excluding carboxylic acids is 1. The number of carbonyl (C=O) groups is 1. The van der Waals surface area contributed by atoms with Gasteiger partial charge in [-0.25, -0.2) is 4.79 Å². The van der Waals surface area contributed by atoms with Crippen molar-refractivity contribution in [2.45, 2.75) is 51.8 Å². The predicted molar refractivity (Wildman–Crippen MR) is 68.3 cm³/mol. The largest absolute Gasteiger partial charge is 0.444 e. The molecule has 2 heterocycles. The van der Waals surface area contributed by atoms with E-state index in [0.29, 0.717) is 19.4 Å². The van der Waals surface area contributed by atoms with Gasteiger partial charge in [0, 0.05) is 19.1 Å². The summed E-state index contributed by atoms with van der Waals surface area (Å²) in [6.45, 7) is 12.7. The fraction of sp³-hybridized carbons (Fsp3) is 0.923. The monoisotopic (exact) mass is 256 g/mol. The van der Waals surface area contributed by atoms with Crippen molar-refractivity contribution in [3.8, 4) is 0 Å². The number of ether oxygens (including phenoxy) is 2. The average molecular weight is 256 g/mol. The fourth-order valence-corrected chi connectivity index (χ4v) is 2.44. The lowest BCUT2D eigenvalue weighted by Gasteiger charge is -2.52. The molecule has 0 saturated carbocycles. The Morgan fingerprint density at radius 1 is 1.33 bits per heavy atom. The zero-order valence-electron chi connectivity index (χ0n) is 12.0. The van der Waals surface area contributed by atoms with Gasteiger partial charge in [0.2, 0.25) is 0 Å². The van der Waals surface area contributed by atoms with E-state index in [2.05, 4.69) is 18.7 Å². The number of amides is 1. The van der Waals surface area contributed by atoms with Crippen LogP contribution in [0.1, 0.15) is 34.6 Å². The van der Waals surface area contributed by atoms with E-state index in [-0.39, 0.29) is 11.6 Å². The second kappa shape index (κ2) is 4.38. The van der Waals surface area contributed by atoms with E-state index in [9.17, 15) is 4.79 Å². The molecule has 18 heavy (non-hydrogen) atoms. The van der Waals surface area contributed by atoms with Crippen LogP contribution in [0.3, 0.4) is 0 Å². The van der Waals surface area contributed by atoms with Crippen molar-refractivity contribution < 1.29 is 14.3 Å². The van der Waals surface area contributed by atoms with Gasteiger partial charge in [-0.1, -0.05) is 0 Å². The third-order valence-electron chi connectivity index (χ3n) is 3.50. The lowest BCUT2D eigenvalue weighted by atomic mass is 9.88. The van der Waals surface area contributed by atoms with Crippen molar-refractivity contribution in [1.29, 1.82) is 0 Å². The third-order valence-corrected chi connectivity index (χ3v) is 3.50. The van der Waals surface area contributed by atoms with Gasteiger partial charge in [-0.05, 0) is 34.6 Å². The summed E-state index contributed by atoms with van der Waals surface area (Å²) in [6.07, 6.45) is -0.261. The zero-order chi connectivity index (χ0) is 13.6. The van der Waals surface area contributed by atoms with E-state index in [0.717, 1.165) is 13.1 Å². The first-order chi connectivity index (χ1) is 8.23. The molecule has 1 amide bonds. The molecule has 0 aliphatic carbocycles. The molecular formula is C13H24N2O3. The molecule has 0 bridgehead atoms. The number of rotatable bonds is 1. The summed E-state index contributed by atoms with van der Waals surface area (Å²) in [4.78, 5) is 16.2. The van der Waals surface area contributed by atoms with E-state index in [1.54, 1.807) is 4.90 Å². The normalized spacial score (nSPS) is 23.6. The van der Waals surface area contributed by atoms with Gasteiger partial charge in [0.25, 0.3) is 0 Å². The van der Waals surface area contributed by atoms with Gasteiger partial charge in [-0.2, -0.15) is 0 Å². The van der Waals surface area contributed by atoms with Gasteiger partial charge in [-0.15, -0.1) is 0 Å². The zero-order valence-corrected chi connectivity index (χ0v) is 12.0. The first kappa shape index (κ1) is 13.6. The van der Waals surface area contributed by atoms with Gasteiger partial charge in [-0.3, -0.25) is 9.80 Å². The van der Waals surface area contributed by atoms with Gasteiger partial charge < -0.3 is 9.47 Å². The molecule has 0 aromatic heterocycles. The molecule has 0 unspecified atom stereocenters. The number of hydrogen-bond acceptors (Lipinski definition) is 4. The summed E-state index contributed by atoms with van der Waals surface area (Å²) in [7, 11) is 0. The van der Waals surface area contributed by atoms with Crippen LogP contribution in [0.15, 0.2) is 0 Å². The lowest BCUT2D eigenvalue weighted by Crippen LogP contribution is -2.71. The van der Waals surface area contributed by atoms with E-state index < -0.39 is 5.60 Å². The second-order valence-electron chi connectivity index (χ2n) is 6.61. The summed E-state index contributed by atoms with van der Waals surface area (Å²) < 4.78 is 10.9. The molecule has 5 heteroatoms. The molecule has 0 N–H and O–H groups in total. The van der Waals surface area contributed by atoms with E-state index >= 15 is 0 Å². The average Bonchev–Trinajstić information content (AvgIpc) is 2.55. The van der Waals surface area contributed by atoms with Crippen LogP contribution in [0.25, 0.3) is 0 Å². The number of hydrogen-bond donors (Lipinski definition) is 0. The van der Waals surface area contributed by atoms with Crippen LogP contribution >= 0.6 is 0 Å². The van der Waals surface area contributed by atoms with Crippen molar-refractivity contribution in [2.75, 3.05) is 26.4 Å². The van der Waals surface area contributed by atoms with Crippen LogP contribution in [-0.2, 0) is 9.47 Å². The molecule has 0 aromatic carbocycles. The van der Waals surface area contributed by atoms with Crippen LogP contribution < -0.4 is 0 Å². The molecule has 2 rings (SSSR count). The van der Waals surface area contributed by atoms with Crippen LogP contribution in [0, 0.1) is 0 Å². The van der Waals surface area contributed by atoms with Crippen LogP contribution in [0.4, 0.5) is 4.79 Å². The van der Waals surface area contributed by atoms with E-state index in [4.69, 9.17) is 9.47 Å². The smallest absolute Gasteiger partial charge is 0.412 e. The van der Waals surface area contributed by atoms with E-state index in [1.807, 2.05) is 20.8 Å². The molecule has 2 aliphatic rings. The minimum atomic E-state index is -0.456. The molecule has 0 aromatic rings. The first-order valence-electron chi connectivity index (χ1n) is 6.56. The Hall–Kier alpha value is -0.810. The van der Waals surface area contributed by atoms with Crippen LogP contribution in [-0.4, -0.2) is 59.5 Å². The van der Waals surface area contributed by atoms with Crippen molar-refractivity contribution in [2.24, 2.45) is 0 Å². The molecule has 0 radical (unpaired) electrons. The Kier molecular flexibility index (Phi) is 3.32. The Labute approximate surface area is 109 Å². The molecule has 1 spiro atoms. The van der Waals surface area contributed by atoms with Crippen LogP contribution in [0.2, 0.25) is 0 Å². The Bertz CT molecular complexity index is 330. The minimum absolute atomic E-state index is 0.160. The van der Waals surface area contributed by atoms with E-state index in [1.165, 1.54) is 0 Å². The Balaban J connectivity index is 1.99. The topological polar surface area (TPSA) is 42.0 Å². The number of nitrogens with zero attached hydrogens (tertiary/aromatic N) is 2. The van der Waals surface area contributed by atoms with Crippen molar-refractivity contribution >= 4 is 6.09 Å². The number of likely N-dealkylation sites (tertiary alicyclic amines) is 1. The van der Waals surface area contributed by atoms with Crippen LogP contribution in [0.5, 0.6) is 0 Å². The standard InChI is InChI=1S/C13H24N2O3/c1-10(2)14-6-13(7-14)8-17-9-15(13)11(16)18-12(3,4)5/h10H,6-9H2,1-5H3. The molecule has 2 fully saturated rings. The lowest BCUT2D eigenvalue weighted by molar-refractivity contribution is -0.0513. The molecule has 104 valence electrons. The highest BCUT2D eigenvalue weighted by atomic mass is 16.6. The summed E-state index contributed by atoms with van der Waals surface area (Å²) in [6, 6.07) is 0.511. The summed E-state index contributed by atoms with van der Waals surface area (Å²) in [5.74, 6) is 0. The quantitative estimate of drug-likeness (QED) is 0.716. The van der Waals surface area contributed by atoms with Gasteiger partial charge >= 0.3 is 6.09 Å². The van der Waals surface area contributed by atoms with Crippen molar-refractivity contribution in [3.63, 3.8) is 0 Å². The van der Waals surface area contributed by atoms with Gasteiger partial charge in [0.05, 0.1) is 12.1 Å². The third kappa shape index (κ3) is 2.47. The highest BCUT2D eigenvalue weighted by Gasteiger charge is 2.54. The summed E-state index contributed by atoms with van der Waals surface area (Å²) >= 11 is 0. The fourth-order valence-electron chi connectivity index (χ4n) is 2.44. The maximum Gasteiger partial charge on any atom is 0.412 e. The van der Waals surface area contributed by atoms with Crippen molar-refractivity contribution in [3.05, 3.63) is 0 Å². The molecule has 2 aliphatic heterocycles. The summed E-state index contributed by atoms with van der Waals surface area (Å²) in [5, 5.41) is 0. The molecule has 2 saturated heterocycles. The molecule has 5 nitrogen and oxygen atoms in total.